The molecule has 0 aliphatic carbocycles. The van der Waals surface area contributed by atoms with E-state index in [9.17, 15) is 14.3 Å². The average Bonchev–Trinajstić information content (AvgIpc) is 2.75. The van der Waals surface area contributed by atoms with E-state index in [1.54, 1.807) is 12.1 Å². The number of carbonyl (C=O) groups is 1. The molecule has 3 nitrogen and oxygen atoms in total. The molecule has 1 heterocycles. The Balaban J connectivity index is 1.82. The van der Waals surface area contributed by atoms with E-state index in [1.165, 1.54) is 23.9 Å². The second kappa shape index (κ2) is 5.69. The van der Waals surface area contributed by atoms with Crippen molar-refractivity contribution in [2.24, 2.45) is 0 Å². The Hall–Kier alpha value is -2.53. The maximum absolute atomic E-state index is 12.9. The van der Waals surface area contributed by atoms with Gasteiger partial charge in [-0.2, -0.15) is 0 Å². The van der Waals surface area contributed by atoms with Crippen LogP contribution in [-0.2, 0) is 4.79 Å². The van der Waals surface area contributed by atoms with Crippen LogP contribution in [0.5, 0.6) is 0 Å². The van der Waals surface area contributed by atoms with E-state index in [0.717, 1.165) is 16.0 Å². The number of hydrogen-bond acceptors (Lipinski definition) is 3. The summed E-state index contributed by atoms with van der Waals surface area (Å²) in [5, 5.41) is 12.3. The summed E-state index contributed by atoms with van der Waals surface area (Å²) in [4.78, 5) is 12.7. The number of rotatable bonds is 3. The third kappa shape index (κ3) is 2.76. The first-order valence-electron chi connectivity index (χ1n) is 6.52. The van der Waals surface area contributed by atoms with Crippen LogP contribution in [0.1, 0.15) is 0 Å². The lowest BCUT2D eigenvalue weighted by Crippen LogP contribution is -2.14. The molecule has 0 spiro atoms. The zero-order chi connectivity index (χ0) is 15.7. The Bertz CT molecular complexity index is 779. The van der Waals surface area contributed by atoms with Gasteiger partial charge in [-0.05, 0) is 35.4 Å². The Morgan fingerprint density at radius 1 is 1.00 bits per heavy atom. The summed E-state index contributed by atoms with van der Waals surface area (Å²) >= 11 is 1.17. The molecular weight excluding hydrogens is 301 g/mol. The van der Waals surface area contributed by atoms with E-state index < -0.39 is 0 Å². The minimum atomic E-state index is -0.352. The number of nitrogens with one attached hydrogen (secondary N) is 1. The van der Waals surface area contributed by atoms with E-state index in [-0.39, 0.29) is 28.1 Å². The van der Waals surface area contributed by atoms with Gasteiger partial charge in [0.05, 0.1) is 5.70 Å². The van der Waals surface area contributed by atoms with E-state index in [4.69, 9.17) is 0 Å². The van der Waals surface area contributed by atoms with Crippen molar-refractivity contribution in [2.45, 2.75) is 4.90 Å². The molecule has 2 aromatic carbocycles. The number of carbonyl (C=O) groups excluding carboxylic acids is 1. The van der Waals surface area contributed by atoms with Crippen LogP contribution in [-0.4, -0.2) is 11.0 Å². The van der Waals surface area contributed by atoms with Gasteiger partial charge < -0.3 is 10.4 Å². The van der Waals surface area contributed by atoms with Gasteiger partial charge >= 0.3 is 0 Å². The molecule has 2 aromatic rings. The van der Waals surface area contributed by atoms with Gasteiger partial charge in [0.1, 0.15) is 10.7 Å². The molecule has 0 saturated heterocycles. The average molecular weight is 313 g/mol. The quantitative estimate of drug-likeness (QED) is 0.900. The number of hydrogen-bond donors (Lipinski definition) is 2. The normalized spacial score (nSPS) is 14.4. The number of thioether (sulfide) groups is 1. The summed E-state index contributed by atoms with van der Waals surface area (Å²) in [6, 6.07) is 13.7. The third-order valence-electron chi connectivity index (χ3n) is 3.22. The van der Waals surface area contributed by atoms with Crippen LogP contribution in [0, 0.1) is 5.82 Å². The van der Waals surface area contributed by atoms with Crippen LogP contribution < -0.4 is 5.32 Å². The number of halogens is 1. The molecule has 22 heavy (non-hydrogen) atoms. The molecule has 1 amide bonds. The molecule has 0 radical (unpaired) electrons. The highest BCUT2D eigenvalue weighted by Crippen LogP contribution is 2.34. The summed E-state index contributed by atoms with van der Waals surface area (Å²) in [5.74, 6) is -0.737. The second-order valence-corrected chi connectivity index (χ2v) is 5.83. The first-order chi connectivity index (χ1) is 10.5. The standard InChI is InChI=1S/C17H12FNO2S/c1-10-15(20)16(17(21)19-10)22-14-8-4-12(5-9-14)11-2-6-13(18)7-3-11/h2-9,20H,1H2,(H,19,21). The van der Waals surface area contributed by atoms with Crippen LogP contribution in [0.25, 0.3) is 11.1 Å². The van der Waals surface area contributed by atoms with Crippen molar-refractivity contribution in [3.05, 3.63) is 77.3 Å². The Kier molecular flexibility index (Phi) is 3.73. The topological polar surface area (TPSA) is 49.3 Å². The predicted octanol–water partition coefficient (Wildman–Crippen LogP) is 4.00. The van der Waals surface area contributed by atoms with Crippen molar-refractivity contribution in [3.63, 3.8) is 0 Å². The lowest BCUT2D eigenvalue weighted by atomic mass is 10.1. The lowest BCUT2D eigenvalue weighted by Gasteiger charge is -2.04. The monoisotopic (exact) mass is 313 g/mol. The van der Waals surface area contributed by atoms with Crippen molar-refractivity contribution < 1.29 is 14.3 Å². The molecule has 0 fully saturated rings. The fourth-order valence-corrected chi connectivity index (χ4v) is 2.94. The van der Waals surface area contributed by atoms with Gasteiger partial charge in [-0.1, -0.05) is 42.6 Å². The maximum Gasteiger partial charge on any atom is 0.266 e. The molecule has 110 valence electrons. The zero-order valence-electron chi connectivity index (χ0n) is 11.5. The minimum Gasteiger partial charge on any atom is -0.504 e. The highest BCUT2D eigenvalue weighted by Gasteiger charge is 2.26. The molecule has 0 aromatic heterocycles. The number of benzene rings is 2. The van der Waals surface area contributed by atoms with Gasteiger partial charge in [-0.3, -0.25) is 4.79 Å². The Morgan fingerprint density at radius 3 is 2.05 bits per heavy atom. The number of aliphatic hydroxyl groups is 1. The van der Waals surface area contributed by atoms with Crippen molar-refractivity contribution >= 4 is 17.7 Å². The fourth-order valence-electron chi connectivity index (χ4n) is 2.07. The van der Waals surface area contributed by atoms with Crippen LogP contribution >= 0.6 is 11.8 Å². The molecule has 0 atom stereocenters. The Morgan fingerprint density at radius 2 is 1.55 bits per heavy atom. The van der Waals surface area contributed by atoms with Gasteiger partial charge in [-0.15, -0.1) is 0 Å². The molecule has 0 unspecified atom stereocenters. The molecule has 0 saturated carbocycles. The van der Waals surface area contributed by atoms with Gasteiger partial charge in [-0.25, -0.2) is 4.39 Å². The predicted molar refractivity (Wildman–Crippen MR) is 84.6 cm³/mol. The first kappa shape index (κ1) is 14.4. The summed E-state index contributed by atoms with van der Waals surface area (Å²) in [7, 11) is 0. The van der Waals surface area contributed by atoms with Crippen molar-refractivity contribution in [1.82, 2.24) is 5.32 Å². The van der Waals surface area contributed by atoms with E-state index in [2.05, 4.69) is 11.9 Å². The lowest BCUT2D eigenvalue weighted by molar-refractivity contribution is -0.115. The van der Waals surface area contributed by atoms with Gasteiger partial charge in [0.15, 0.2) is 5.76 Å². The van der Waals surface area contributed by atoms with Crippen LogP contribution in [0.2, 0.25) is 0 Å². The highest BCUT2D eigenvalue weighted by molar-refractivity contribution is 8.04. The summed E-state index contributed by atoms with van der Waals surface area (Å²) < 4.78 is 12.9. The summed E-state index contributed by atoms with van der Waals surface area (Å²) in [5.41, 5.74) is 2.07. The zero-order valence-corrected chi connectivity index (χ0v) is 12.3. The smallest absolute Gasteiger partial charge is 0.266 e. The van der Waals surface area contributed by atoms with E-state index >= 15 is 0 Å². The van der Waals surface area contributed by atoms with Crippen LogP contribution in [0.15, 0.2) is 76.4 Å². The number of aliphatic hydroxyl groups excluding tert-OH is 1. The highest BCUT2D eigenvalue weighted by atomic mass is 32.2. The molecule has 0 bridgehead atoms. The van der Waals surface area contributed by atoms with E-state index in [0.29, 0.717) is 0 Å². The molecule has 1 aliphatic heterocycles. The first-order valence-corrected chi connectivity index (χ1v) is 7.34. The second-order valence-electron chi connectivity index (χ2n) is 4.74. The Labute approximate surface area is 131 Å². The van der Waals surface area contributed by atoms with Crippen LogP contribution in [0.3, 0.4) is 0 Å². The molecule has 5 heteroatoms. The van der Waals surface area contributed by atoms with Crippen molar-refractivity contribution in [2.75, 3.05) is 0 Å². The molecule has 1 aliphatic rings. The third-order valence-corrected chi connectivity index (χ3v) is 4.31. The summed E-state index contributed by atoms with van der Waals surface area (Å²) in [6.07, 6.45) is 0. The fraction of sp³-hybridized carbons (Fsp3) is 0. The van der Waals surface area contributed by atoms with Gasteiger partial charge in [0.2, 0.25) is 0 Å². The maximum atomic E-state index is 12.9. The molecule has 3 rings (SSSR count). The SMILES string of the molecule is C=C1NC(=O)C(Sc2ccc(-c3ccc(F)cc3)cc2)=C1O. The molecule has 2 N–H and O–H groups in total. The van der Waals surface area contributed by atoms with Crippen molar-refractivity contribution in [1.29, 1.82) is 0 Å². The largest absolute Gasteiger partial charge is 0.504 e. The van der Waals surface area contributed by atoms with Crippen molar-refractivity contribution in [3.8, 4) is 11.1 Å². The van der Waals surface area contributed by atoms with Gasteiger partial charge in [0, 0.05) is 4.90 Å². The number of amides is 1. The van der Waals surface area contributed by atoms with Crippen LogP contribution in [0.4, 0.5) is 4.39 Å². The van der Waals surface area contributed by atoms with Gasteiger partial charge in [0.25, 0.3) is 5.91 Å². The summed E-state index contributed by atoms with van der Waals surface area (Å²) in [6.45, 7) is 3.55. The van der Waals surface area contributed by atoms with E-state index in [1.807, 2.05) is 24.3 Å². The minimum absolute atomic E-state index is 0.113. The molecular formula is C17H12FNO2S.